The van der Waals surface area contributed by atoms with Crippen molar-refractivity contribution in [3.05, 3.63) is 42.0 Å². The van der Waals surface area contributed by atoms with Crippen molar-refractivity contribution in [3.8, 4) is 11.3 Å². The van der Waals surface area contributed by atoms with Crippen molar-refractivity contribution in [2.75, 3.05) is 12.8 Å². The Morgan fingerprint density at radius 1 is 1.19 bits per heavy atom. The number of rotatable bonds is 2. The van der Waals surface area contributed by atoms with Crippen LogP contribution in [0.4, 0.5) is 10.2 Å². The van der Waals surface area contributed by atoms with Crippen molar-refractivity contribution >= 4 is 11.8 Å². The van der Waals surface area contributed by atoms with Crippen LogP contribution in [0.3, 0.4) is 0 Å². The molecule has 6 nitrogen and oxygen atoms in total. The normalized spacial score (nSPS) is 13.5. The van der Waals surface area contributed by atoms with Crippen LogP contribution in [0.25, 0.3) is 11.3 Å². The average molecular weight is 377 g/mol. The number of methoxy groups -OCH3 is 1. The number of carbonyl (C=O) groups excluding carboxylic acids is 1. The van der Waals surface area contributed by atoms with Gasteiger partial charge >= 0.3 is 5.97 Å². The Labute approximate surface area is 159 Å². The van der Waals surface area contributed by atoms with Crippen molar-refractivity contribution in [1.82, 2.24) is 9.97 Å². The summed E-state index contributed by atoms with van der Waals surface area (Å²) in [7, 11) is 1.19. The Morgan fingerprint density at radius 3 is 2.30 bits per heavy atom. The Kier molecular flexibility index (Phi) is 9.96. The zero-order valence-corrected chi connectivity index (χ0v) is 16.1. The Hall–Kier alpha value is -2.54. The molecule has 1 fully saturated rings. The minimum absolute atomic E-state index is 0.0359. The smallest absolute Gasteiger partial charge is 0.340 e. The number of aromatic nitrogens is 2. The lowest BCUT2D eigenvalue weighted by Gasteiger charge is -2.14. The fraction of sp³-hybridized carbons (Fsp3) is 0.450. The number of benzene rings is 1. The van der Waals surface area contributed by atoms with Gasteiger partial charge in [-0.1, -0.05) is 39.2 Å². The molecule has 3 N–H and O–H groups in total. The lowest BCUT2D eigenvalue weighted by molar-refractivity contribution is 0.0595. The number of anilines is 1. The lowest BCUT2D eigenvalue weighted by Crippen LogP contribution is -2.09. The molecule has 148 valence electrons. The molecule has 1 heterocycles. The second kappa shape index (κ2) is 12.0. The van der Waals surface area contributed by atoms with E-state index in [9.17, 15) is 9.18 Å². The van der Waals surface area contributed by atoms with Crippen LogP contribution in [0.5, 0.6) is 0 Å². The molecule has 0 unspecified atom stereocenters. The molecule has 1 aromatic heterocycles. The van der Waals surface area contributed by atoms with Crippen LogP contribution in [0.1, 0.15) is 56.3 Å². The second-order valence-corrected chi connectivity index (χ2v) is 5.77. The topological polar surface area (TPSA) is 98.3 Å². The van der Waals surface area contributed by atoms with E-state index in [2.05, 4.69) is 14.7 Å². The molecule has 0 bridgehead atoms. The summed E-state index contributed by atoms with van der Waals surface area (Å²) in [6, 6.07) is 4.03. The van der Waals surface area contributed by atoms with E-state index >= 15 is 0 Å². The van der Waals surface area contributed by atoms with Crippen molar-refractivity contribution in [2.24, 2.45) is 0 Å². The highest BCUT2D eigenvalue weighted by Crippen LogP contribution is 2.23. The molecule has 0 spiro atoms. The zero-order chi connectivity index (χ0) is 20.2. The van der Waals surface area contributed by atoms with Gasteiger partial charge < -0.3 is 15.6 Å². The van der Waals surface area contributed by atoms with Crippen LogP contribution in [0, 0.1) is 5.82 Å². The molecule has 7 heteroatoms. The van der Waals surface area contributed by atoms with Gasteiger partial charge in [0.25, 0.3) is 0 Å². The van der Waals surface area contributed by atoms with Gasteiger partial charge in [-0.2, -0.15) is 0 Å². The molecule has 1 saturated carbocycles. The van der Waals surface area contributed by atoms with Crippen LogP contribution in [0.2, 0.25) is 0 Å². The van der Waals surface area contributed by atoms with Crippen LogP contribution >= 0.6 is 0 Å². The van der Waals surface area contributed by atoms with Crippen molar-refractivity contribution < 1.29 is 19.0 Å². The van der Waals surface area contributed by atoms with Gasteiger partial charge in [0.1, 0.15) is 17.3 Å². The number of aliphatic hydroxyl groups excluding tert-OH is 1. The summed E-state index contributed by atoms with van der Waals surface area (Å²) in [5.74, 6) is -1.22. The number of halogens is 1. The van der Waals surface area contributed by atoms with Crippen molar-refractivity contribution in [1.29, 1.82) is 0 Å². The standard InChI is InChI=1S/C12H10FN3O2.C6H12O.C2H6/c1-18-12(17)8-3-2-7(6-9(8)13)10-11(14)16-5-4-15-10;7-6-4-2-1-3-5-6;1-2/h2-6H,1H3,(H2,14,16);6-7H,1-5H2;1-2H3. The number of nitrogens with two attached hydrogens (primary N) is 1. The summed E-state index contributed by atoms with van der Waals surface area (Å²) < 4.78 is 18.2. The monoisotopic (exact) mass is 377 g/mol. The fourth-order valence-corrected chi connectivity index (χ4v) is 2.59. The van der Waals surface area contributed by atoms with Crippen molar-refractivity contribution in [3.63, 3.8) is 0 Å². The van der Waals surface area contributed by atoms with Gasteiger partial charge in [0.15, 0.2) is 0 Å². The SMILES string of the molecule is CC.COC(=O)c1ccc(-c2nccnc2N)cc1F.OC1CCCCC1. The summed E-state index contributed by atoms with van der Waals surface area (Å²) in [4.78, 5) is 19.1. The molecule has 0 atom stereocenters. The van der Waals surface area contributed by atoms with Crippen molar-refractivity contribution in [2.45, 2.75) is 52.1 Å². The number of esters is 1. The first kappa shape index (κ1) is 22.5. The third kappa shape index (κ3) is 6.94. The van der Waals surface area contributed by atoms with Gasteiger partial charge in [0, 0.05) is 18.0 Å². The number of hydrogen-bond donors (Lipinski definition) is 2. The predicted molar refractivity (Wildman–Crippen MR) is 104 cm³/mol. The van der Waals surface area contributed by atoms with E-state index in [1.54, 1.807) is 0 Å². The number of nitrogens with zero attached hydrogens (tertiary/aromatic N) is 2. The largest absolute Gasteiger partial charge is 0.465 e. The summed E-state index contributed by atoms with van der Waals surface area (Å²) in [6.45, 7) is 4.00. The minimum Gasteiger partial charge on any atom is -0.465 e. The van der Waals surface area contributed by atoms with E-state index in [1.165, 1.54) is 57.0 Å². The number of ether oxygens (including phenoxy) is 1. The van der Waals surface area contributed by atoms with E-state index in [0.29, 0.717) is 11.3 Å². The molecular formula is C20H28FN3O3. The first-order valence-electron chi connectivity index (χ1n) is 9.15. The van der Waals surface area contributed by atoms with Gasteiger partial charge in [-0.25, -0.2) is 14.2 Å². The van der Waals surface area contributed by atoms with Gasteiger partial charge in [-0.15, -0.1) is 0 Å². The average Bonchev–Trinajstić information content (AvgIpc) is 2.70. The Morgan fingerprint density at radius 2 is 1.81 bits per heavy atom. The summed E-state index contributed by atoms with van der Waals surface area (Å²) in [5, 5.41) is 8.91. The minimum atomic E-state index is -0.730. The predicted octanol–water partition coefficient (Wildman–Crippen LogP) is 3.99. The highest BCUT2D eigenvalue weighted by atomic mass is 19.1. The molecule has 1 aliphatic rings. The maximum Gasteiger partial charge on any atom is 0.340 e. The van der Waals surface area contributed by atoms with E-state index < -0.39 is 11.8 Å². The van der Waals surface area contributed by atoms with Gasteiger partial charge in [-0.05, 0) is 25.0 Å². The summed E-state index contributed by atoms with van der Waals surface area (Å²) in [6.07, 6.45) is 8.82. The van der Waals surface area contributed by atoms with Gasteiger partial charge in [0.05, 0.1) is 18.8 Å². The molecule has 0 saturated heterocycles. The first-order valence-corrected chi connectivity index (χ1v) is 9.15. The second-order valence-electron chi connectivity index (χ2n) is 5.77. The highest BCUT2D eigenvalue weighted by Gasteiger charge is 2.14. The number of nitrogen functional groups attached to an aromatic ring is 1. The third-order valence-corrected chi connectivity index (χ3v) is 3.95. The molecule has 1 aromatic carbocycles. The Balaban J connectivity index is 0.000000338. The highest BCUT2D eigenvalue weighted by molar-refractivity contribution is 5.90. The summed E-state index contributed by atoms with van der Waals surface area (Å²) >= 11 is 0. The quantitative estimate of drug-likeness (QED) is 0.768. The molecular weight excluding hydrogens is 349 g/mol. The van der Waals surface area contributed by atoms with Crippen LogP contribution < -0.4 is 5.73 Å². The van der Waals surface area contributed by atoms with E-state index in [1.807, 2.05) is 13.8 Å². The molecule has 27 heavy (non-hydrogen) atoms. The van der Waals surface area contributed by atoms with E-state index in [4.69, 9.17) is 10.8 Å². The molecule has 0 aliphatic heterocycles. The van der Waals surface area contributed by atoms with E-state index in [-0.39, 0.29) is 17.5 Å². The molecule has 0 amide bonds. The third-order valence-electron chi connectivity index (χ3n) is 3.95. The van der Waals surface area contributed by atoms with Gasteiger partial charge in [-0.3, -0.25) is 4.98 Å². The molecule has 0 radical (unpaired) electrons. The zero-order valence-electron chi connectivity index (χ0n) is 16.1. The molecule has 1 aliphatic carbocycles. The lowest BCUT2D eigenvalue weighted by atomic mass is 9.98. The van der Waals surface area contributed by atoms with E-state index in [0.717, 1.165) is 12.8 Å². The maximum atomic E-state index is 13.7. The fourth-order valence-electron chi connectivity index (χ4n) is 2.59. The maximum absolute atomic E-state index is 13.7. The molecule has 3 rings (SSSR count). The van der Waals surface area contributed by atoms with Crippen LogP contribution in [-0.4, -0.2) is 34.3 Å². The van der Waals surface area contributed by atoms with Crippen LogP contribution in [-0.2, 0) is 4.74 Å². The number of carbonyl (C=O) groups is 1. The number of aliphatic hydroxyl groups is 1. The number of hydrogen-bond acceptors (Lipinski definition) is 6. The van der Waals surface area contributed by atoms with Crippen LogP contribution in [0.15, 0.2) is 30.6 Å². The Bertz CT molecular complexity index is 719. The first-order chi connectivity index (χ1) is 13.0. The van der Waals surface area contributed by atoms with Gasteiger partial charge in [0.2, 0.25) is 0 Å². The molecule has 2 aromatic rings. The summed E-state index contributed by atoms with van der Waals surface area (Å²) in [5.41, 5.74) is 6.32.